The summed E-state index contributed by atoms with van der Waals surface area (Å²) < 4.78 is 4.40. The molecule has 0 amide bonds. The Morgan fingerprint density at radius 1 is 1.57 bits per heavy atom. The molecule has 2 heterocycles. The molecule has 0 saturated carbocycles. The van der Waals surface area contributed by atoms with Crippen molar-refractivity contribution in [2.75, 3.05) is 5.73 Å². The third-order valence-electron chi connectivity index (χ3n) is 1.88. The Bertz CT molecular complexity index is 425. The maximum absolute atomic E-state index is 5.41. The van der Waals surface area contributed by atoms with Gasteiger partial charge in [0.2, 0.25) is 5.95 Å². The number of halogens is 1. The van der Waals surface area contributed by atoms with E-state index in [2.05, 4.69) is 31.1 Å². The molecule has 2 aromatic heterocycles. The lowest BCUT2D eigenvalue weighted by Crippen LogP contribution is -2.06. The molecule has 0 unspecified atom stereocenters. The van der Waals surface area contributed by atoms with Gasteiger partial charge in [0.1, 0.15) is 6.33 Å². The minimum Gasteiger partial charge on any atom is -0.367 e. The van der Waals surface area contributed by atoms with Gasteiger partial charge in [-0.2, -0.15) is 5.10 Å². The summed E-state index contributed by atoms with van der Waals surface area (Å²) in [5.74, 6) is 0.281. The normalized spacial score (nSPS) is 10.7. The number of nitrogens with two attached hydrogens (primary N) is 1. The summed E-state index contributed by atoms with van der Waals surface area (Å²) >= 11 is 3.41. The largest absolute Gasteiger partial charge is 0.367 e. The van der Waals surface area contributed by atoms with Gasteiger partial charge in [0.05, 0.1) is 22.9 Å². The first-order valence-corrected chi connectivity index (χ1v) is 4.77. The fourth-order valence-electron chi connectivity index (χ4n) is 1.15. The van der Waals surface area contributed by atoms with E-state index in [9.17, 15) is 0 Å². The molecule has 0 aliphatic heterocycles. The molecule has 0 aliphatic rings. The van der Waals surface area contributed by atoms with E-state index < -0.39 is 0 Å². The molecule has 0 aliphatic carbocycles. The molecule has 0 spiro atoms. The van der Waals surface area contributed by atoms with Gasteiger partial charge in [-0.15, -0.1) is 5.10 Å². The molecule has 2 aromatic rings. The smallest absolute Gasteiger partial charge is 0.239 e. The van der Waals surface area contributed by atoms with Crippen LogP contribution in [0.3, 0.4) is 0 Å². The van der Waals surface area contributed by atoms with Crippen molar-refractivity contribution in [3.8, 4) is 0 Å². The maximum Gasteiger partial charge on any atom is 0.239 e. The van der Waals surface area contributed by atoms with Crippen molar-refractivity contribution in [1.82, 2.24) is 24.5 Å². The maximum atomic E-state index is 5.41. The molecule has 0 atom stereocenters. The summed E-state index contributed by atoms with van der Waals surface area (Å²) in [7, 11) is 1.88. The summed E-state index contributed by atoms with van der Waals surface area (Å²) in [4.78, 5) is 3.84. The molecular weight excluding hydrogens is 248 g/mol. The van der Waals surface area contributed by atoms with Gasteiger partial charge in [0.15, 0.2) is 0 Å². The van der Waals surface area contributed by atoms with Crippen LogP contribution in [0.4, 0.5) is 5.95 Å². The number of hydrogen-bond acceptors (Lipinski definition) is 4. The first-order valence-electron chi connectivity index (χ1n) is 3.98. The fraction of sp³-hybridized carbons (Fsp3) is 0.286. The van der Waals surface area contributed by atoms with Crippen molar-refractivity contribution in [2.45, 2.75) is 6.54 Å². The van der Waals surface area contributed by atoms with Crippen LogP contribution < -0.4 is 5.73 Å². The monoisotopic (exact) mass is 256 g/mol. The molecule has 7 heteroatoms. The first kappa shape index (κ1) is 9.20. The van der Waals surface area contributed by atoms with E-state index in [0.29, 0.717) is 6.54 Å². The Kier molecular flexibility index (Phi) is 2.24. The molecule has 74 valence electrons. The minimum atomic E-state index is 0.281. The molecule has 0 radical (unpaired) electrons. The van der Waals surface area contributed by atoms with Gasteiger partial charge in [0, 0.05) is 7.05 Å². The molecule has 2 N–H and O–H groups in total. The zero-order chi connectivity index (χ0) is 10.1. The Labute approximate surface area is 88.9 Å². The van der Waals surface area contributed by atoms with Crippen LogP contribution in [-0.4, -0.2) is 24.5 Å². The van der Waals surface area contributed by atoms with Crippen molar-refractivity contribution < 1.29 is 0 Å². The molecular formula is C7H9BrN6. The zero-order valence-electron chi connectivity index (χ0n) is 7.55. The average molecular weight is 257 g/mol. The third kappa shape index (κ3) is 1.63. The summed E-state index contributed by atoms with van der Waals surface area (Å²) in [6, 6.07) is 0. The van der Waals surface area contributed by atoms with Crippen LogP contribution in [0.25, 0.3) is 0 Å². The number of aromatic nitrogens is 5. The van der Waals surface area contributed by atoms with Crippen molar-refractivity contribution in [2.24, 2.45) is 7.05 Å². The molecule has 0 fully saturated rings. The number of rotatable bonds is 2. The molecule has 0 saturated heterocycles. The fourth-order valence-corrected chi connectivity index (χ4v) is 1.63. The highest BCUT2D eigenvalue weighted by Crippen LogP contribution is 2.15. The Morgan fingerprint density at radius 2 is 2.36 bits per heavy atom. The predicted octanol–water partition coefficient (Wildman–Crippen LogP) is 0.405. The zero-order valence-corrected chi connectivity index (χ0v) is 9.14. The van der Waals surface area contributed by atoms with Crippen LogP contribution in [0.5, 0.6) is 0 Å². The van der Waals surface area contributed by atoms with Gasteiger partial charge in [-0.05, 0) is 15.9 Å². The van der Waals surface area contributed by atoms with Crippen molar-refractivity contribution in [3.05, 3.63) is 22.7 Å². The molecule has 0 aromatic carbocycles. The SMILES string of the molecule is Cn1ncc(Br)c1Cn1cnc(N)n1. The summed E-state index contributed by atoms with van der Waals surface area (Å²) in [6.07, 6.45) is 3.34. The van der Waals surface area contributed by atoms with Gasteiger partial charge in [-0.1, -0.05) is 0 Å². The number of nitrogens with zero attached hydrogens (tertiary/aromatic N) is 5. The number of anilines is 1. The third-order valence-corrected chi connectivity index (χ3v) is 2.54. The topological polar surface area (TPSA) is 74.5 Å². The molecule has 6 nitrogen and oxygen atoms in total. The van der Waals surface area contributed by atoms with Gasteiger partial charge < -0.3 is 5.73 Å². The minimum absolute atomic E-state index is 0.281. The Morgan fingerprint density at radius 3 is 2.86 bits per heavy atom. The highest BCUT2D eigenvalue weighted by Gasteiger charge is 2.07. The van der Waals surface area contributed by atoms with Crippen molar-refractivity contribution >= 4 is 21.9 Å². The molecule has 2 rings (SSSR count). The lowest BCUT2D eigenvalue weighted by Gasteiger charge is -2.01. The predicted molar refractivity (Wildman–Crippen MR) is 54.4 cm³/mol. The lowest BCUT2D eigenvalue weighted by atomic mass is 10.4. The van der Waals surface area contributed by atoms with Gasteiger partial charge in [0.25, 0.3) is 0 Å². The standard InChI is InChI=1S/C7H9BrN6/c1-13-6(5(8)2-11-13)3-14-4-10-7(9)12-14/h2,4H,3H2,1H3,(H2,9,12). The average Bonchev–Trinajstić information content (AvgIpc) is 2.67. The summed E-state index contributed by atoms with van der Waals surface area (Å²) in [5, 5.41) is 8.09. The number of aryl methyl sites for hydroxylation is 1. The lowest BCUT2D eigenvalue weighted by molar-refractivity contribution is 0.618. The van der Waals surface area contributed by atoms with E-state index in [1.807, 2.05) is 7.05 Å². The van der Waals surface area contributed by atoms with Crippen LogP contribution in [-0.2, 0) is 13.6 Å². The summed E-state index contributed by atoms with van der Waals surface area (Å²) in [5.41, 5.74) is 6.43. The molecule has 0 bridgehead atoms. The second kappa shape index (κ2) is 3.41. The first-order chi connectivity index (χ1) is 6.66. The van der Waals surface area contributed by atoms with Gasteiger partial charge >= 0.3 is 0 Å². The van der Waals surface area contributed by atoms with Crippen LogP contribution in [0.15, 0.2) is 17.0 Å². The van der Waals surface area contributed by atoms with E-state index >= 15 is 0 Å². The van der Waals surface area contributed by atoms with Crippen LogP contribution in [0.2, 0.25) is 0 Å². The highest BCUT2D eigenvalue weighted by molar-refractivity contribution is 9.10. The van der Waals surface area contributed by atoms with Crippen LogP contribution in [0, 0.1) is 0 Å². The number of hydrogen-bond donors (Lipinski definition) is 1. The van der Waals surface area contributed by atoms with E-state index in [0.717, 1.165) is 10.2 Å². The van der Waals surface area contributed by atoms with Crippen molar-refractivity contribution in [1.29, 1.82) is 0 Å². The quantitative estimate of drug-likeness (QED) is 0.845. The highest BCUT2D eigenvalue weighted by atomic mass is 79.9. The second-order valence-electron chi connectivity index (χ2n) is 2.86. The van der Waals surface area contributed by atoms with E-state index in [1.54, 1.807) is 21.9 Å². The summed E-state index contributed by atoms with van der Waals surface area (Å²) in [6.45, 7) is 0.598. The van der Waals surface area contributed by atoms with Crippen molar-refractivity contribution in [3.63, 3.8) is 0 Å². The number of nitrogen functional groups attached to an aromatic ring is 1. The van der Waals surface area contributed by atoms with E-state index in [4.69, 9.17) is 5.73 Å². The van der Waals surface area contributed by atoms with Crippen LogP contribution in [0.1, 0.15) is 5.69 Å². The Balaban J connectivity index is 2.26. The Hall–Kier alpha value is -1.37. The van der Waals surface area contributed by atoms with Gasteiger partial charge in [-0.3, -0.25) is 4.68 Å². The second-order valence-corrected chi connectivity index (χ2v) is 3.72. The van der Waals surface area contributed by atoms with Crippen LogP contribution >= 0.6 is 15.9 Å². The van der Waals surface area contributed by atoms with E-state index in [1.165, 1.54) is 0 Å². The van der Waals surface area contributed by atoms with E-state index in [-0.39, 0.29) is 5.95 Å². The molecule has 14 heavy (non-hydrogen) atoms. The van der Waals surface area contributed by atoms with Gasteiger partial charge in [-0.25, -0.2) is 9.67 Å².